The van der Waals surface area contributed by atoms with Gasteiger partial charge in [0.2, 0.25) is 5.91 Å². The van der Waals surface area contributed by atoms with Crippen LogP contribution in [0.2, 0.25) is 0 Å². The molecule has 0 aliphatic carbocycles. The van der Waals surface area contributed by atoms with Crippen molar-refractivity contribution < 1.29 is 9.53 Å². The molecule has 4 heteroatoms. The zero-order valence-corrected chi connectivity index (χ0v) is 14.3. The third kappa shape index (κ3) is 4.14. The van der Waals surface area contributed by atoms with E-state index in [9.17, 15) is 4.79 Å². The molecule has 1 saturated heterocycles. The number of ether oxygens (including phenoxy) is 1. The second-order valence-electron chi connectivity index (χ2n) is 6.11. The topological polar surface area (TPSA) is 29.5 Å². The lowest BCUT2D eigenvalue weighted by Crippen LogP contribution is -2.35. The molecule has 1 aromatic heterocycles. The molecule has 1 aromatic carbocycles. The van der Waals surface area contributed by atoms with Crippen LogP contribution in [0.25, 0.3) is 0 Å². The summed E-state index contributed by atoms with van der Waals surface area (Å²) in [6, 6.07) is 10.3. The van der Waals surface area contributed by atoms with Gasteiger partial charge in [0.15, 0.2) is 0 Å². The molecule has 0 bridgehead atoms. The Morgan fingerprint density at radius 1 is 1.26 bits per heavy atom. The van der Waals surface area contributed by atoms with Gasteiger partial charge in [0.05, 0.1) is 13.5 Å². The number of carbonyl (C=O) groups is 1. The second kappa shape index (κ2) is 7.64. The average Bonchev–Trinajstić information content (AvgIpc) is 2.96. The van der Waals surface area contributed by atoms with Crippen LogP contribution >= 0.6 is 11.3 Å². The third-order valence-corrected chi connectivity index (χ3v) is 5.28. The molecule has 2 heterocycles. The van der Waals surface area contributed by atoms with Crippen LogP contribution < -0.4 is 4.74 Å². The summed E-state index contributed by atoms with van der Waals surface area (Å²) < 4.78 is 5.24. The lowest BCUT2D eigenvalue weighted by atomic mass is 9.94. The first-order valence-corrected chi connectivity index (χ1v) is 9.13. The summed E-state index contributed by atoms with van der Waals surface area (Å²) in [7, 11) is 1.69. The molecular weight excluding hydrogens is 306 g/mol. The molecule has 0 spiro atoms. The van der Waals surface area contributed by atoms with Gasteiger partial charge >= 0.3 is 0 Å². The fourth-order valence-electron chi connectivity index (χ4n) is 3.20. The number of thiophene rings is 1. The first kappa shape index (κ1) is 16.1. The molecule has 1 fully saturated rings. The summed E-state index contributed by atoms with van der Waals surface area (Å²) >= 11 is 1.65. The monoisotopic (exact) mass is 329 g/mol. The molecule has 1 aliphatic heterocycles. The maximum atomic E-state index is 12.6. The van der Waals surface area contributed by atoms with Crippen molar-refractivity contribution in [1.82, 2.24) is 4.90 Å². The van der Waals surface area contributed by atoms with E-state index in [0.717, 1.165) is 37.2 Å². The van der Waals surface area contributed by atoms with Gasteiger partial charge in [-0.15, -0.1) is 0 Å². The molecule has 1 amide bonds. The number of carbonyl (C=O) groups excluding carboxylic acids is 1. The number of hydrogen-bond donors (Lipinski definition) is 0. The summed E-state index contributed by atoms with van der Waals surface area (Å²) in [4.78, 5) is 14.7. The molecule has 0 radical (unpaired) electrons. The Balaban J connectivity index is 1.68. The lowest BCUT2D eigenvalue weighted by molar-refractivity contribution is -0.130. The van der Waals surface area contributed by atoms with Crippen LogP contribution in [-0.4, -0.2) is 31.0 Å². The highest BCUT2D eigenvalue weighted by atomic mass is 32.1. The van der Waals surface area contributed by atoms with Crippen molar-refractivity contribution in [3.05, 3.63) is 52.2 Å². The Kier molecular flexibility index (Phi) is 5.34. The van der Waals surface area contributed by atoms with Crippen molar-refractivity contribution in [2.24, 2.45) is 0 Å². The van der Waals surface area contributed by atoms with E-state index in [1.54, 1.807) is 18.4 Å². The summed E-state index contributed by atoms with van der Waals surface area (Å²) in [5, 5.41) is 4.10. The van der Waals surface area contributed by atoms with E-state index in [4.69, 9.17) is 4.74 Å². The van der Waals surface area contributed by atoms with Crippen LogP contribution in [0.5, 0.6) is 5.75 Å². The number of benzene rings is 1. The minimum Gasteiger partial charge on any atom is -0.497 e. The van der Waals surface area contributed by atoms with Crippen LogP contribution in [0.3, 0.4) is 0 Å². The first-order valence-electron chi connectivity index (χ1n) is 8.19. The molecular formula is C19H23NO2S. The van der Waals surface area contributed by atoms with Crippen molar-refractivity contribution in [3.63, 3.8) is 0 Å². The van der Waals surface area contributed by atoms with E-state index in [0.29, 0.717) is 12.3 Å². The van der Waals surface area contributed by atoms with Gasteiger partial charge in [-0.05, 0) is 52.9 Å². The van der Waals surface area contributed by atoms with Crippen LogP contribution in [0, 0.1) is 0 Å². The van der Waals surface area contributed by atoms with Gasteiger partial charge in [-0.25, -0.2) is 0 Å². The minimum absolute atomic E-state index is 0.254. The Labute approximate surface area is 141 Å². The maximum absolute atomic E-state index is 12.6. The molecule has 0 N–H and O–H groups in total. The molecule has 3 rings (SSSR count). The zero-order chi connectivity index (χ0) is 16.1. The van der Waals surface area contributed by atoms with Gasteiger partial charge in [-0.3, -0.25) is 4.79 Å². The summed E-state index contributed by atoms with van der Waals surface area (Å²) in [5.74, 6) is 1.56. The number of amides is 1. The maximum Gasteiger partial charge on any atom is 0.227 e. The molecule has 3 nitrogen and oxygen atoms in total. The van der Waals surface area contributed by atoms with Gasteiger partial charge < -0.3 is 9.64 Å². The Hall–Kier alpha value is -1.81. The van der Waals surface area contributed by atoms with Crippen LogP contribution in [-0.2, 0) is 11.2 Å². The Bertz CT molecular complexity index is 621. The standard InChI is InChI=1S/C19H23NO2S/c1-22-18-7-5-16(6-8-18)17-4-2-3-10-20(13-17)19(21)12-15-9-11-23-14-15/h5-9,11,14,17H,2-4,10,12-13H2,1H3/t17-/m0/s1. The average molecular weight is 329 g/mol. The minimum atomic E-state index is 0.254. The van der Waals surface area contributed by atoms with Crippen molar-refractivity contribution in [3.8, 4) is 5.75 Å². The van der Waals surface area contributed by atoms with E-state index < -0.39 is 0 Å². The van der Waals surface area contributed by atoms with Crippen molar-refractivity contribution in [2.75, 3.05) is 20.2 Å². The van der Waals surface area contributed by atoms with E-state index in [1.165, 1.54) is 12.0 Å². The quantitative estimate of drug-likeness (QED) is 0.845. The number of rotatable bonds is 4. The zero-order valence-electron chi connectivity index (χ0n) is 13.5. The molecule has 122 valence electrons. The van der Waals surface area contributed by atoms with Crippen molar-refractivity contribution >= 4 is 17.2 Å². The highest BCUT2D eigenvalue weighted by molar-refractivity contribution is 7.07. The summed E-state index contributed by atoms with van der Waals surface area (Å²) in [5.41, 5.74) is 2.44. The summed E-state index contributed by atoms with van der Waals surface area (Å²) in [6.45, 7) is 1.71. The summed E-state index contributed by atoms with van der Waals surface area (Å²) in [6.07, 6.45) is 3.95. The molecule has 1 aliphatic rings. The Morgan fingerprint density at radius 2 is 2.09 bits per heavy atom. The number of likely N-dealkylation sites (tertiary alicyclic amines) is 1. The van der Waals surface area contributed by atoms with E-state index in [-0.39, 0.29) is 5.91 Å². The highest BCUT2D eigenvalue weighted by Gasteiger charge is 2.23. The van der Waals surface area contributed by atoms with Gasteiger partial charge in [0.1, 0.15) is 5.75 Å². The fraction of sp³-hybridized carbons (Fsp3) is 0.421. The smallest absolute Gasteiger partial charge is 0.227 e. The molecule has 0 unspecified atom stereocenters. The number of methoxy groups -OCH3 is 1. The number of hydrogen-bond acceptors (Lipinski definition) is 3. The largest absolute Gasteiger partial charge is 0.497 e. The van der Waals surface area contributed by atoms with Gasteiger partial charge in [-0.2, -0.15) is 11.3 Å². The lowest BCUT2D eigenvalue weighted by Gasteiger charge is -2.25. The first-order chi connectivity index (χ1) is 11.3. The SMILES string of the molecule is COc1ccc([C@H]2CCCCN(C(=O)Cc3ccsc3)C2)cc1. The Morgan fingerprint density at radius 3 is 2.78 bits per heavy atom. The second-order valence-corrected chi connectivity index (χ2v) is 6.89. The van der Waals surface area contributed by atoms with E-state index in [2.05, 4.69) is 22.4 Å². The van der Waals surface area contributed by atoms with Crippen molar-refractivity contribution in [1.29, 1.82) is 0 Å². The third-order valence-electron chi connectivity index (χ3n) is 4.55. The van der Waals surface area contributed by atoms with E-state index in [1.807, 2.05) is 23.6 Å². The van der Waals surface area contributed by atoms with Crippen LogP contribution in [0.4, 0.5) is 0 Å². The van der Waals surface area contributed by atoms with Gasteiger partial charge in [-0.1, -0.05) is 18.6 Å². The van der Waals surface area contributed by atoms with E-state index >= 15 is 0 Å². The molecule has 23 heavy (non-hydrogen) atoms. The normalized spacial score (nSPS) is 18.5. The predicted octanol–water partition coefficient (Wildman–Crippen LogP) is 4.10. The van der Waals surface area contributed by atoms with Crippen LogP contribution in [0.1, 0.15) is 36.3 Å². The molecule has 2 aromatic rings. The molecule has 0 saturated carbocycles. The predicted molar refractivity (Wildman–Crippen MR) is 94.2 cm³/mol. The van der Waals surface area contributed by atoms with Gasteiger partial charge in [0, 0.05) is 19.0 Å². The van der Waals surface area contributed by atoms with Gasteiger partial charge in [0.25, 0.3) is 0 Å². The fourth-order valence-corrected chi connectivity index (χ4v) is 3.86. The van der Waals surface area contributed by atoms with Crippen LogP contribution in [0.15, 0.2) is 41.1 Å². The van der Waals surface area contributed by atoms with Crippen molar-refractivity contribution in [2.45, 2.75) is 31.6 Å². The molecule has 1 atom stereocenters. The highest BCUT2D eigenvalue weighted by Crippen LogP contribution is 2.28. The number of nitrogens with zero attached hydrogens (tertiary/aromatic N) is 1.